The molecule has 0 aliphatic carbocycles. The van der Waals surface area contributed by atoms with Crippen molar-refractivity contribution >= 4 is 58.4 Å². The average Bonchev–Trinajstić information content (AvgIpc) is 2.71. The summed E-state index contributed by atoms with van der Waals surface area (Å²) in [6.07, 6.45) is 3.65. The Morgan fingerprint density at radius 2 is 1.81 bits per heavy atom. The van der Waals surface area contributed by atoms with Crippen LogP contribution in [-0.4, -0.2) is 24.0 Å². The van der Waals surface area contributed by atoms with Crippen LogP contribution < -0.4 is 20.1 Å². The van der Waals surface area contributed by atoms with Crippen LogP contribution in [0.15, 0.2) is 48.6 Å². The minimum atomic E-state index is -0.573. The summed E-state index contributed by atoms with van der Waals surface area (Å²) in [5.74, 6) is -0.205. The zero-order valence-corrected chi connectivity index (χ0v) is 18.8. The molecule has 0 unspecified atom stereocenters. The van der Waals surface area contributed by atoms with Crippen molar-refractivity contribution < 1.29 is 19.1 Å². The van der Waals surface area contributed by atoms with E-state index in [2.05, 4.69) is 17.2 Å². The first kappa shape index (κ1) is 22.8. The molecule has 2 aromatic rings. The van der Waals surface area contributed by atoms with Crippen LogP contribution in [0.2, 0.25) is 10.0 Å². The molecule has 0 radical (unpaired) electrons. The van der Waals surface area contributed by atoms with Crippen LogP contribution in [0, 0.1) is 0 Å². The first-order chi connectivity index (χ1) is 14.8. The van der Waals surface area contributed by atoms with Gasteiger partial charge in [-0.25, -0.2) is 0 Å². The van der Waals surface area contributed by atoms with Crippen LogP contribution in [0.4, 0.5) is 0 Å². The summed E-state index contributed by atoms with van der Waals surface area (Å²) in [6, 6.07) is 8.63. The maximum Gasteiger partial charge on any atom is 0.263 e. The van der Waals surface area contributed by atoms with Crippen molar-refractivity contribution in [3.63, 3.8) is 0 Å². The third-order valence-corrected chi connectivity index (χ3v) is 5.17. The first-order valence-corrected chi connectivity index (χ1v) is 10.3. The van der Waals surface area contributed by atoms with Crippen LogP contribution in [-0.2, 0) is 22.6 Å². The van der Waals surface area contributed by atoms with Crippen molar-refractivity contribution in [2.75, 3.05) is 7.11 Å². The topological polar surface area (TPSA) is 76.7 Å². The number of hydrogen-bond acceptors (Lipinski definition) is 5. The summed E-state index contributed by atoms with van der Waals surface area (Å²) in [7, 11) is 1.50. The number of halogens is 2. The van der Waals surface area contributed by atoms with Gasteiger partial charge < -0.3 is 9.47 Å². The highest BCUT2D eigenvalue weighted by Crippen LogP contribution is 2.35. The molecule has 3 rings (SSSR count). The number of methoxy groups -OCH3 is 1. The Hall–Kier alpha value is -2.87. The lowest BCUT2D eigenvalue weighted by molar-refractivity contribution is -0.123. The number of thiocarbonyl (C=S) groups is 1. The maximum atomic E-state index is 12.1. The van der Waals surface area contributed by atoms with Crippen LogP contribution in [0.3, 0.4) is 0 Å². The van der Waals surface area contributed by atoms with E-state index in [0.29, 0.717) is 33.5 Å². The summed E-state index contributed by atoms with van der Waals surface area (Å²) < 4.78 is 11.5. The average molecular weight is 477 g/mol. The molecule has 0 bridgehead atoms. The van der Waals surface area contributed by atoms with Gasteiger partial charge in [-0.05, 0) is 54.5 Å². The van der Waals surface area contributed by atoms with E-state index < -0.39 is 11.8 Å². The lowest BCUT2D eigenvalue weighted by Gasteiger charge is -2.18. The van der Waals surface area contributed by atoms with Crippen LogP contribution >= 0.6 is 35.4 Å². The van der Waals surface area contributed by atoms with Crippen molar-refractivity contribution in [3.8, 4) is 11.5 Å². The third kappa shape index (κ3) is 5.44. The summed E-state index contributed by atoms with van der Waals surface area (Å²) in [4.78, 5) is 24.3. The fourth-order valence-electron chi connectivity index (χ4n) is 2.95. The molecule has 0 spiro atoms. The summed E-state index contributed by atoms with van der Waals surface area (Å²) in [5.41, 5.74) is 2.04. The molecular weight excluding hydrogens is 459 g/mol. The number of allylic oxidation sites excluding steroid dienone is 1. The van der Waals surface area contributed by atoms with Crippen LogP contribution in [0.1, 0.15) is 16.7 Å². The van der Waals surface area contributed by atoms with Gasteiger partial charge in [0.2, 0.25) is 0 Å². The molecule has 6 nitrogen and oxygen atoms in total. The van der Waals surface area contributed by atoms with Gasteiger partial charge in [-0.2, -0.15) is 0 Å². The zero-order chi connectivity index (χ0) is 22.5. The van der Waals surface area contributed by atoms with Gasteiger partial charge in [0.1, 0.15) is 12.2 Å². The predicted molar refractivity (Wildman–Crippen MR) is 125 cm³/mol. The Bertz CT molecular complexity index is 1090. The highest BCUT2D eigenvalue weighted by Gasteiger charge is 2.26. The van der Waals surface area contributed by atoms with Crippen LogP contribution in [0.5, 0.6) is 11.5 Å². The van der Waals surface area contributed by atoms with E-state index in [1.165, 1.54) is 13.2 Å². The Kier molecular flexibility index (Phi) is 7.33. The predicted octanol–water partition coefficient (Wildman–Crippen LogP) is 4.22. The normalized spacial score (nSPS) is 13.4. The SMILES string of the molecule is C=CCc1cc(C=C2C(=O)NC(=S)NC2=O)cc(OC)c1OCc1ccc(Cl)cc1Cl. The minimum absolute atomic E-state index is 0.0262. The van der Waals surface area contributed by atoms with Crippen molar-refractivity contribution in [3.05, 3.63) is 75.3 Å². The van der Waals surface area contributed by atoms with E-state index in [-0.39, 0.29) is 17.3 Å². The molecule has 160 valence electrons. The summed E-state index contributed by atoms with van der Waals surface area (Å²) in [5, 5.41) is 5.81. The molecule has 1 aliphatic heterocycles. The number of hydrogen-bond donors (Lipinski definition) is 2. The fourth-order valence-corrected chi connectivity index (χ4v) is 3.60. The second-order valence-corrected chi connectivity index (χ2v) is 7.78. The van der Waals surface area contributed by atoms with E-state index >= 15 is 0 Å². The number of carbonyl (C=O) groups is 2. The molecule has 0 atom stereocenters. The van der Waals surface area contributed by atoms with Gasteiger partial charge in [0.15, 0.2) is 16.6 Å². The molecule has 1 fully saturated rings. The Morgan fingerprint density at radius 3 is 2.42 bits per heavy atom. The molecule has 2 amide bonds. The molecule has 9 heteroatoms. The Labute approximate surface area is 194 Å². The summed E-state index contributed by atoms with van der Waals surface area (Å²) >= 11 is 17.0. The van der Waals surface area contributed by atoms with Gasteiger partial charge in [0.05, 0.1) is 7.11 Å². The van der Waals surface area contributed by atoms with Crippen molar-refractivity contribution in [1.29, 1.82) is 0 Å². The van der Waals surface area contributed by atoms with Gasteiger partial charge in [0.25, 0.3) is 11.8 Å². The molecule has 1 saturated heterocycles. The van der Waals surface area contributed by atoms with Crippen molar-refractivity contribution in [2.45, 2.75) is 13.0 Å². The van der Waals surface area contributed by atoms with Crippen molar-refractivity contribution in [2.24, 2.45) is 0 Å². The molecule has 0 aromatic heterocycles. The van der Waals surface area contributed by atoms with Gasteiger partial charge in [-0.1, -0.05) is 35.3 Å². The molecule has 0 saturated carbocycles. The van der Waals surface area contributed by atoms with Crippen molar-refractivity contribution in [1.82, 2.24) is 10.6 Å². The lowest BCUT2D eigenvalue weighted by atomic mass is 10.0. The number of amides is 2. The van der Waals surface area contributed by atoms with E-state index in [4.69, 9.17) is 44.9 Å². The largest absolute Gasteiger partial charge is 0.493 e. The number of nitrogens with one attached hydrogen (secondary N) is 2. The molecule has 31 heavy (non-hydrogen) atoms. The van der Waals surface area contributed by atoms with E-state index in [0.717, 1.165) is 11.1 Å². The molecule has 2 aromatic carbocycles. The highest BCUT2D eigenvalue weighted by atomic mass is 35.5. The fraction of sp³-hybridized carbons (Fsp3) is 0.136. The minimum Gasteiger partial charge on any atom is -0.493 e. The standard InChI is InChI=1S/C22H18Cl2N2O4S/c1-3-4-13-7-12(8-16-20(27)25-22(31)26-21(16)28)9-18(29-2)19(13)30-11-14-5-6-15(23)10-17(14)24/h3,5-10H,1,4,11H2,2H3,(H2,25,26,27,28,31). The lowest BCUT2D eigenvalue weighted by Crippen LogP contribution is -2.51. The second kappa shape index (κ2) is 9.96. The molecule has 1 heterocycles. The van der Waals surface area contributed by atoms with E-state index in [1.807, 2.05) is 0 Å². The van der Waals surface area contributed by atoms with E-state index in [9.17, 15) is 9.59 Å². The Morgan fingerprint density at radius 1 is 1.10 bits per heavy atom. The maximum absolute atomic E-state index is 12.1. The third-order valence-electron chi connectivity index (χ3n) is 4.38. The van der Waals surface area contributed by atoms with Gasteiger partial charge in [0, 0.05) is 21.2 Å². The zero-order valence-electron chi connectivity index (χ0n) is 16.5. The van der Waals surface area contributed by atoms with Gasteiger partial charge >= 0.3 is 0 Å². The van der Waals surface area contributed by atoms with Gasteiger partial charge in [-0.15, -0.1) is 6.58 Å². The highest BCUT2D eigenvalue weighted by molar-refractivity contribution is 7.80. The number of rotatable bonds is 7. The van der Waals surface area contributed by atoms with Crippen LogP contribution in [0.25, 0.3) is 6.08 Å². The Balaban J connectivity index is 1.96. The first-order valence-electron chi connectivity index (χ1n) is 9.09. The quantitative estimate of drug-likeness (QED) is 0.270. The molecule has 1 aliphatic rings. The second-order valence-electron chi connectivity index (χ2n) is 6.52. The monoisotopic (exact) mass is 476 g/mol. The summed E-state index contributed by atoms with van der Waals surface area (Å²) in [6.45, 7) is 3.98. The number of carbonyl (C=O) groups excluding carboxylic acids is 2. The molecule has 2 N–H and O–H groups in total. The number of ether oxygens (including phenoxy) is 2. The molecular formula is C22H18Cl2N2O4S. The van der Waals surface area contributed by atoms with E-state index in [1.54, 1.807) is 36.4 Å². The number of benzene rings is 2. The van der Waals surface area contributed by atoms with Gasteiger partial charge in [-0.3, -0.25) is 20.2 Å². The smallest absolute Gasteiger partial charge is 0.263 e.